The summed E-state index contributed by atoms with van der Waals surface area (Å²) in [6, 6.07) is 7.02. The largest absolute Gasteiger partial charge is 0.389 e. The van der Waals surface area contributed by atoms with Gasteiger partial charge in [0, 0.05) is 22.7 Å². The van der Waals surface area contributed by atoms with Gasteiger partial charge in [-0.1, -0.05) is 28.9 Å². The van der Waals surface area contributed by atoms with Crippen LogP contribution in [0.1, 0.15) is 44.8 Å². The lowest BCUT2D eigenvalue weighted by molar-refractivity contribution is 0.198. The number of aliphatic hydroxyl groups is 1. The highest BCUT2D eigenvalue weighted by Gasteiger charge is 2.28. The molecular weight excluding hydrogens is 278 g/mol. The van der Waals surface area contributed by atoms with Crippen molar-refractivity contribution in [3.63, 3.8) is 0 Å². The molecule has 1 aromatic carbocycles. The Labute approximate surface area is 112 Å². The molecule has 0 radical (unpaired) electrons. The minimum atomic E-state index is -0.418. The SMILES string of the molecule is CCCN(c1ccc([C@@H](C)O)c(Br)c1)C1CC1. The maximum atomic E-state index is 9.62. The minimum absolute atomic E-state index is 0.418. The van der Waals surface area contributed by atoms with Crippen molar-refractivity contribution in [3.8, 4) is 0 Å². The predicted molar refractivity (Wildman–Crippen MR) is 75.4 cm³/mol. The van der Waals surface area contributed by atoms with Crippen LogP contribution in [0.4, 0.5) is 5.69 Å². The van der Waals surface area contributed by atoms with Gasteiger partial charge in [0.1, 0.15) is 0 Å². The zero-order valence-electron chi connectivity index (χ0n) is 10.5. The first-order valence-corrected chi connectivity index (χ1v) is 7.17. The number of benzene rings is 1. The van der Waals surface area contributed by atoms with Gasteiger partial charge in [0.25, 0.3) is 0 Å². The number of hydrogen-bond acceptors (Lipinski definition) is 2. The van der Waals surface area contributed by atoms with E-state index in [1.807, 2.05) is 6.07 Å². The smallest absolute Gasteiger partial charge is 0.0772 e. The molecule has 1 aliphatic rings. The van der Waals surface area contributed by atoms with E-state index >= 15 is 0 Å². The molecule has 94 valence electrons. The van der Waals surface area contributed by atoms with Crippen molar-refractivity contribution in [2.45, 2.75) is 45.3 Å². The molecule has 0 aliphatic heterocycles. The van der Waals surface area contributed by atoms with Crippen molar-refractivity contribution in [1.29, 1.82) is 0 Å². The Hall–Kier alpha value is -0.540. The number of anilines is 1. The van der Waals surface area contributed by atoms with Gasteiger partial charge >= 0.3 is 0 Å². The lowest BCUT2D eigenvalue weighted by atomic mass is 10.1. The molecule has 0 unspecified atom stereocenters. The van der Waals surface area contributed by atoms with E-state index in [0.29, 0.717) is 0 Å². The summed E-state index contributed by atoms with van der Waals surface area (Å²) in [4.78, 5) is 2.48. The molecule has 1 aromatic rings. The highest BCUT2D eigenvalue weighted by molar-refractivity contribution is 9.10. The van der Waals surface area contributed by atoms with Gasteiger partial charge in [0.2, 0.25) is 0 Å². The molecule has 2 rings (SSSR count). The molecule has 3 heteroatoms. The monoisotopic (exact) mass is 297 g/mol. The Morgan fingerprint density at radius 1 is 1.47 bits per heavy atom. The summed E-state index contributed by atoms with van der Waals surface area (Å²) >= 11 is 3.55. The van der Waals surface area contributed by atoms with Crippen LogP contribution in [0.2, 0.25) is 0 Å². The van der Waals surface area contributed by atoms with Crippen molar-refractivity contribution < 1.29 is 5.11 Å². The lowest BCUT2D eigenvalue weighted by Crippen LogP contribution is -2.26. The zero-order chi connectivity index (χ0) is 12.4. The van der Waals surface area contributed by atoms with E-state index < -0.39 is 6.10 Å². The first-order chi connectivity index (χ1) is 8.13. The Kier molecular flexibility index (Phi) is 4.10. The summed E-state index contributed by atoms with van der Waals surface area (Å²) in [5.74, 6) is 0. The van der Waals surface area contributed by atoms with Crippen LogP contribution in [0.15, 0.2) is 22.7 Å². The number of aliphatic hydroxyl groups excluding tert-OH is 1. The molecule has 2 nitrogen and oxygen atoms in total. The fourth-order valence-corrected chi connectivity index (χ4v) is 2.88. The molecule has 0 heterocycles. The number of halogens is 1. The average Bonchev–Trinajstić information content (AvgIpc) is 3.09. The van der Waals surface area contributed by atoms with Crippen molar-refractivity contribution >= 4 is 21.6 Å². The van der Waals surface area contributed by atoms with Crippen LogP contribution in [-0.4, -0.2) is 17.7 Å². The van der Waals surface area contributed by atoms with Gasteiger partial charge in [-0.2, -0.15) is 0 Å². The third-order valence-electron chi connectivity index (χ3n) is 3.22. The van der Waals surface area contributed by atoms with Gasteiger partial charge in [-0.25, -0.2) is 0 Å². The maximum absolute atomic E-state index is 9.62. The van der Waals surface area contributed by atoms with Crippen molar-refractivity contribution in [2.24, 2.45) is 0 Å². The van der Waals surface area contributed by atoms with Crippen LogP contribution < -0.4 is 4.90 Å². The molecule has 1 saturated carbocycles. The van der Waals surface area contributed by atoms with E-state index in [4.69, 9.17) is 0 Å². The molecule has 1 fully saturated rings. The molecule has 1 atom stereocenters. The van der Waals surface area contributed by atoms with Gasteiger partial charge in [-0.3, -0.25) is 0 Å². The molecule has 1 N–H and O–H groups in total. The predicted octanol–water partition coefficient (Wildman–Crippen LogP) is 3.88. The van der Waals surface area contributed by atoms with Crippen LogP contribution in [-0.2, 0) is 0 Å². The molecule has 0 bridgehead atoms. The lowest BCUT2D eigenvalue weighted by Gasteiger charge is -2.25. The Morgan fingerprint density at radius 3 is 2.65 bits per heavy atom. The average molecular weight is 298 g/mol. The van der Waals surface area contributed by atoms with Crippen LogP contribution in [0.5, 0.6) is 0 Å². The van der Waals surface area contributed by atoms with Crippen LogP contribution in [0, 0.1) is 0 Å². The molecule has 1 aliphatic carbocycles. The van der Waals surface area contributed by atoms with Crippen molar-refractivity contribution in [3.05, 3.63) is 28.2 Å². The second kappa shape index (κ2) is 5.40. The van der Waals surface area contributed by atoms with Gasteiger partial charge in [0.05, 0.1) is 6.10 Å². The van der Waals surface area contributed by atoms with Gasteiger partial charge < -0.3 is 10.0 Å². The summed E-state index contributed by atoms with van der Waals surface area (Å²) in [7, 11) is 0. The Balaban J connectivity index is 2.22. The second-order valence-electron chi connectivity index (χ2n) is 4.81. The first kappa shape index (κ1) is 12.9. The molecule has 0 saturated heterocycles. The van der Waals surface area contributed by atoms with Crippen molar-refractivity contribution in [2.75, 3.05) is 11.4 Å². The van der Waals surface area contributed by atoms with Gasteiger partial charge in [-0.05, 0) is 43.9 Å². The topological polar surface area (TPSA) is 23.5 Å². The highest BCUT2D eigenvalue weighted by Crippen LogP contribution is 2.35. The number of rotatable bonds is 5. The normalized spacial score (nSPS) is 16.9. The van der Waals surface area contributed by atoms with Crippen LogP contribution in [0.3, 0.4) is 0 Å². The van der Waals surface area contributed by atoms with E-state index in [1.54, 1.807) is 6.92 Å². The molecule has 0 aromatic heterocycles. The quantitative estimate of drug-likeness (QED) is 0.891. The third kappa shape index (κ3) is 3.02. The van der Waals surface area contributed by atoms with Gasteiger partial charge in [-0.15, -0.1) is 0 Å². The van der Waals surface area contributed by atoms with Crippen LogP contribution >= 0.6 is 15.9 Å². The summed E-state index contributed by atoms with van der Waals surface area (Å²) in [6.07, 6.45) is 3.39. The molecule has 17 heavy (non-hydrogen) atoms. The molecular formula is C14H20BrNO. The number of nitrogens with zero attached hydrogens (tertiary/aromatic N) is 1. The first-order valence-electron chi connectivity index (χ1n) is 6.37. The second-order valence-corrected chi connectivity index (χ2v) is 5.66. The molecule has 0 amide bonds. The van der Waals surface area contributed by atoms with E-state index in [-0.39, 0.29) is 0 Å². The van der Waals surface area contributed by atoms with E-state index in [0.717, 1.165) is 22.6 Å². The summed E-state index contributed by atoms with van der Waals surface area (Å²) < 4.78 is 1.01. The van der Waals surface area contributed by atoms with Crippen molar-refractivity contribution in [1.82, 2.24) is 0 Å². The Morgan fingerprint density at radius 2 is 2.18 bits per heavy atom. The molecule has 0 spiro atoms. The fourth-order valence-electron chi connectivity index (χ4n) is 2.18. The van der Waals surface area contributed by atoms with E-state index in [2.05, 4.69) is 39.9 Å². The number of hydrogen-bond donors (Lipinski definition) is 1. The summed E-state index contributed by atoms with van der Waals surface area (Å²) in [5, 5.41) is 9.62. The minimum Gasteiger partial charge on any atom is -0.389 e. The van der Waals surface area contributed by atoms with E-state index in [1.165, 1.54) is 24.9 Å². The van der Waals surface area contributed by atoms with Gasteiger partial charge in [0.15, 0.2) is 0 Å². The highest BCUT2D eigenvalue weighted by atomic mass is 79.9. The summed E-state index contributed by atoms with van der Waals surface area (Å²) in [6.45, 7) is 5.13. The van der Waals surface area contributed by atoms with Crippen LogP contribution in [0.25, 0.3) is 0 Å². The zero-order valence-corrected chi connectivity index (χ0v) is 12.1. The van der Waals surface area contributed by atoms with E-state index in [9.17, 15) is 5.11 Å². The maximum Gasteiger partial charge on any atom is 0.0772 e. The standard InChI is InChI=1S/C14H20BrNO/c1-3-8-16(11-4-5-11)12-6-7-13(10(2)17)14(15)9-12/h6-7,9-11,17H,3-5,8H2,1-2H3/t10-/m1/s1. The third-order valence-corrected chi connectivity index (χ3v) is 3.90. The fraction of sp³-hybridized carbons (Fsp3) is 0.571. The summed E-state index contributed by atoms with van der Waals surface area (Å²) in [5.41, 5.74) is 2.23. The Bertz CT molecular complexity index is 388.